The van der Waals surface area contributed by atoms with E-state index >= 15 is 0 Å². The molecule has 0 amide bonds. The maximum atomic E-state index is 11.1. The van der Waals surface area contributed by atoms with Crippen molar-refractivity contribution in [3.8, 4) is 0 Å². The Bertz CT molecular complexity index is 151. The van der Waals surface area contributed by atoms with Gasteiger partial charge in [-0.05, 0) is 31.6 Å². The highest BCUT2D eigenvalue weighted by Crippen LogP contribution is 2.28. The summed E-state index contributed by atoms with van der Waals surface area (Å²) in [6.07, 6.45) is 3.86. The molecule has 1 radical (unpaired) electrons. The van der Waals surface area contributed by atoms with Gasteiger partial charge in [-0.2, -0.15) is 0 Å². The van der Waals surface area contributed by atoms with E-state index in [1.807, 2.05) is 0 Å². The molecule has 0 aromatic rings. The van der Waals surface area contributed by atoms with E-state index in [0.29, 0.717) is 12.5 Å². The maximum absolute atomic E-state index is 11.1. The first kappa shape index (κ1) is 9.52. The highest BCUT2D eigenvalue weighted by atomic mass is 16.5. The molecule has 0 spiro atoms. The Morgan fingerprint density at radius 3 is 2.42 bits per heavy atom. The van der Waals surface area contributed by atoms with Crippen LogP contribution in [-0.2, 0) is 9.53 Å². The van der Waals surface area contributed by atoms with Gasteiger partial charge < -0.3 is 4.74 Å². The summed E-state index contributed by atoms with van der Waals surface area (Å²) in [5.74, 6) is 0.558. The Morgan fingerprint density at radius 1 is 1.42 bits per heavy atom. The molecule has 12 heavy (non-hydrogen) atoms. The van der Waals surface area contributed by atoms with Gasteiger partial charge in [0.05, 0.1) is 13.0 Å². The van der Waals surface area contributed by atoms with Crippen molar-refractivity contribution in [2.45, 2.75) is 25.7 Å². The van der Waals surface area contributed by atoms with E-state index < -0.39 is 0 Å². The first-order valence-electron chi connectivity index (χ1n) is 4.50. The summed E-state index contributed by atoms with van der Waals surface area (Å²) < 4.78 is 4.67. The smallest absolute Gasteiger partial charge is 0.308 e. The molecule has 1 N–H and O–H groups in total. The van der Waals surface area contributed by atoms with Crippen molar-refractivity contribution in [3.05, 3.63) is 0 Å². The number of rotatable bonds is 2. The number of carbonyl (C=O) groups excluding carboxylic acids is 1. The van der Waals surface area contributed by atoms with Crippen LogP contribution in [0, 0.1) is 11.8 Å². The number of nitrogens with one attached hydrogen (secondary N) is 1. The Kier molecular flexibility index (Phi) is 3.53. The van der Waals surface area contributed by atoms with Gasteiger partial charge in [0.1, 0.15) is 0 Å². The predicted octanol–water partition coefficient (Wildman–Crippen LogP) is 1.25. The second kappa shape index (κ2) is 4.45. The van der Waals surface area contributed by atoms with Gasteiger partial charge in [-0.1, -0.05) is 0 Å². The molecule has 0 aliphatic heterocycles. The molecular formula is C9H16NO2. The van der Waals surface area contributed by atoms with Crippen molar-refractivity contribution in [1.29, 1.82) is 0 Å². The molecule has 1 rings (SSSR count). The lowest BCUT2D eigenvalue weighted by atomic mass is 9.82. The lowest BCUT2D eigenvalue weighted by molar-refractivity contribution is -0.146. The Hall–Kier alpha value is -0.570. The first-order valence-corrected chi connectivity index (χ1v) is 4.50. The van der Waals surface area contributed by atoms with Crippen LogP contribution in [0.3, 0.4) is 0 Å². The van der Waals surface area contributed by atoms with Crippen LogP contribution in [0.5, 0.6) is 0 Å². The molecule has 1 fully saturated rings. The molecule has 1 aliphatic carbocycles. The zero-order chi connectivity index (χ0) is 8.97. The van der Waals surface area contributed by atoms with E-state index in [2.05, 4.69) is 4.74 Å². The topological polar surface area (TPSA) is 50.1 Å². The third-order valence-electron chi connectivity index (χ3n) is 2.67. The number of methoxy groups -OCH3 is 1. The summed E-state index contributed by atoms with van der Waals surface area (Å²) >= 11 is 0. The summed E-state index contributed by atoms with van der Waals surface area (Å²) in [7, 11) is 1.44. The summed E-state index contributed by atoms with van der Waals surface area (Å²) in [4.78, 5) is 11.1. The fourth-order valence-electron chi connectivity index (χ4n) is 1.77. The van der Waals surface area contributed by atoms with Crippen LogP contribution >= 0.6 is 0 Å². The lowest BCUT2D eigenvalue weighted by Gasteiger charge is -2.25. The molecule has 0 unspecified atom stereocenters. The zero-order valence-corrected chi connectivity index (χ0v) is 7.51. The molecule has 0 aromatic heterocycles. The zero-order valence-electron chi connectivity index (χ0n) is 7.51. The fourth-order valence-corrected chi connectivity index (χ4v) is 1.77. The van der Waals surface area contributed by atoms with Gasteiger partial charge in [-0.25, -0.2) is 0 Å². The van der Waals surface area contributed by atoms with E-state index in [1.165, 1.54) is 7.11 Å². The monoisotopic (exact) mass is 170 g/mol. The van der Waals surface area contributed by atoms with Gasteiger partial charge in [0, 0.05) is 6.54 Å². The van der Waals surface area contributed by atoms with Gasteiger partial charge in [0.15, 0.2) is 0 Å². The van der Waals surface area contributed by atoms with E-state index in [1.54, 1.807) is 0 Å². The summed E-state index contributed by atoms with van der Waals surface area (Å²) in [6.45, 7) is 0.508. The third-order valence-corrected chi connectivity index (χ3v) is 2.67. The van der Waals surface area contributed by atoms with E-state index in [4.69, 9.17) is 5.73 Å². The number of hydrogen-bond acceptors (Lipinski definition) is 2. The number of hydrogen-bond donors (Lipinski definition) is 0. The second-order valence-electron chi connectivity index (χ2n) is 3.44. The Labute approximate surface area is 73.3 Å². The van der Waals surface area contributed by atoms with Crippen LogP contribution in [0.2, 0.25) is 0 Å². The minimum absolute atomic E-state index is 0.0709. The molecule has 0 aromatic carbocycles. The van der Waals surface area contributed by atoms with Gasteiger partial charge in [0.2, 0.25) is 0 Å². The molecule has 0 saturated heterocycles. The minimum Gasteiger partial charge on any atom is -0.469 e. The van der Waals surface area contributed by atoms with Crippen molar-refractivity contribution in [3.63, 3.8) is 0 Å². The molecule has 0 bridgehead atoms. The Balaban J connectivity index is 2.30. The lowest BCUT2D eigenvalue weighted by Crippen LogP contribution is -2.24. The van der Waals surface area contributed by atoms with Crippen LogP contribution in [0.15, 0.2) is 0 Å². The minimum atomic E-state index is -0.0709. The quantitative estimate of drug-likeness (QED) is 0.585. The highest BCUT2D eigenvalue weighted by Gasteiger charge is 2.25. The third kappa shape index (κ3) is 2.21. The number of ether oxygens (including phenoxy) is 1. The van der Waals surface area contributed by atoms with Crippen molar-refractivity contribution < 1.29 is 9.53 Å². The molecule has 0 atom stereocenters. The van der Waals surface area contributed by atoms with Crippen LogP contribution in [0.4, 0.5) is 0 Å². The van der Waals surface area contributed by atoms with Crippen molar-refractivity contribution >= 4 is 5.97 Å². The molecule has 3 heteroatoms. The van der Waals surface area contributed by atoms with Crippen molar-refractivity contribution in [2.24, 2.45) is 11.8 Å². The van der Waals surface area contributed by atoms with Crippen LogP contribution < -0.4 is 5.73 Å². The summed E-state index contributed by atoms with van der Waals surface area (Å²) in [5.41, 5.74) is 7.20. The van der Waals surface area contributed by atoms with E-state index in [0.717, 1.165) is 25.7 Å². The molecule has 1 saturated carbocycles. The van der Waals surface area contributed by atoms with Gasteiger partial charge in [-0.15, -0.1) is 0 Å². The molecule has 69 valence electrons. The molecule has 3 nitrogen and oxygen atoms in total. The molecular weight excluding hydrogens is 154 g/mol. The van der Waals surface area contributed by atoms with Gasteiger partial charge >= 0.3 is 5.97 Å². The van der Waals surface area contributed by atoms with Crippen LogP contribution in [0.25, 0.3) is 0 Å². The van der Waals surface area contributed by atoms with E-state index in [-0.39, 0.29) is 11.9 Å². The van der Waals surface area contributed by atoms with Gasteiger partial charge in [0.25, 0.3) is 0 Å². The summed E-state index contributed by atoms with van der Waals surface area (Å²) in [5, 5.41) is 0. The average Bonchev–Trinajstić information content (AvgIpc) is 2.17. The fraction of sp³-hybridized carbons (Fsp3) is 0.889. The first-order chi connectivity index (χ1) is 5.77. The normalized spacial score (nSPS) is 29.8. The van der Waals surface area contributed by atoms with Crippen molar-refractivity contribution in [2.75, 3.05) is 13.7 Å². The second-order valence-corrected chi connectivity index (χ2v) is 3.44. The average molecular weight is 170 g/mol. The Morgan fingerprint density at radius 2 is 2.00 bits per heavy atom. The predicted molar refractivity (Wildman–Crippen MR) is 45.4 cm³/mol. The highest BCUT2D eigenvalue weighted by molar-refractivity contribution is 5.72. The van der Waals surface area contributed by atoms with Crippen molar-refractivity contribution in [1.82, 2.24) is 5.73 Å². The summed E-state index contributed by atoms with van der Waals surface area (Å²) in [6, 6.07) is 0. The number of carbonyl (C=O) groups is 1. The maximum Gasteiger partial charge on any atom is 0.308 e. The molecule has 1 aliphatic rings. The SMILES string of the molecule is COC(=O)C1CCC(C[NH])CC1. The standard InChI is InChI=1S/C9H16NO2/c1-12-9(11)8-4-2-7(6-10)3-5-8/h7-8,10H,2-6H2,1H3. The van der Waals surface area contributed by atoms with Crippen LogP contribution in [-0.4, -0.2) is 19.6 Å². The largest absolute Gasteiger partial charge is 0.469 e. The number of esters is 1. The molecule has 0 heterocycles. The van der Waals surface area contributed by atoms with Gasteiger partial charge in [-0.3, -0.25) is 10.5 Å². The van der Waals surface area contributed by atoms with E-state index in [9.17, 15) is 4.79 Å². The van der Waals surface area contributed by atoms with Crippen LogP contribution in [0.1, 0.15) is 25.7 Å².